The monoisotopic (exact) mass is 388 g/mol. The lowest BCUT2D eigenvalue weighted by Crippen LogP contribution is -2.28. The fraction of sp³-hybridized carbons (Fsp3) is 0.158. The predicted octanol–water partition coefficient (Wildman–Crippen LogP) is 4.17. The number of nitrogens with one attached hydrogen (secondary N) is 1. The lowest BCUT2D eigenvalue weighted by Gasteiger charge is -2.07. The van der Waals surface area contributed by atoms with E-state index in [0.29, 0.717) is 17.3 Å². The van der Waals surface area contributed by atoms with Crippen LogP contribution < -0.4 is 14.8 Å². The van der Waals surface area contributed by atoms with E-state index in [9.17, 15) is 4.79 Å². The fourth-order valence-corrected chi connectivity index (χ4v) is 3.22. The molecule has 0 aliphatic heterocycles. The number of amides is 1. The number of nitrogens with zero attached hydrogens (tertiary/aromatic N) is 1. The summed E-state index contributed by atoms with van der Waals surface area (Å²) in [6.07, 6.45) is 0. The smallest absolute Gasteiger partial charge is 0.258 e. The van der Waals surface area contributed by atoms with Crippen LogP contribution in [0, 0.1) is 0 Å². The van der Waals surface area contributed by atoms with Gasteiger partial charge in [0.2, 0.25) is 0 Å². The number of carbonyl (C=O) groups is 1. The van der Waals surface area contributed by atoms with Crippen molar-refractivity contribution in [1.29, 1.82) is 0 Å². The molecule has 0 unspecified atom stereocenters. The number of aromatic nitrogens is 1. The standard InChI is InChI=1S/C19H17ClN2O3S/c1-24-15-8-6-13(7-9-15)19-22-14(12-26-19)10-21-18(23)11-25-17-5-3-2-4-16(17)20/h2-9,12H,10-11H2,1H3,(H,21,23). The zero-order chi connectivity index (χ0) is 18.4. The van der Waals surface area contributed by atoms with Gasteiger partial charge in [-0.25, -0.2) is 4.98 Å². The van der Waals surface area contributed by atoms with Crippen molar-refractivity contribution >= 4 is 28.8 Å². The Morgan fingerprint density at radius 3 is 2.69 bits per heavy atom. The summed E-state index contributed by atoms with van der Waals surface area (Å²) in [7, 11) is 1.63. The third-order valence-electron chi connectivity index (χ3n) is 3.55. The first-order chi connectivity index (χ1) is 12.7. The zero-order valence-electron chi connectivity index (χ0n) is 14.1. The summed E-state index contributed by atoms with van der Waals surface area (Å²) in [5.74, 6) is 1.06. The van der Waals surface area contributed by atoms with Crippen molar-refractivity contribution in [3.63, 3.8) is 0 Å². The molecule has 1 heterocycles. The second-order valence-corrected chi connectivity index (χ2v) is 6.63. The average Bonchev–Trinajstić information content (AvgIpc) is 3.15. The lowest BCUT2D eigenvalue weighted by molar-refractivity contribution is -0.123. The second kappa shape index (κ2) is 8.69. The van der Waals surface area contributed by atoms with Crippen molar-refractivity contribution in [2.24, 2.45) is 0 Å². The van der Waals surface area contributed by atoms with Crippen LogP contribution in [-0.2, 0) is 11.3 Å². The van der Waals surface area contributed by atoms with E-state index in [2.05, 4.69) is 10.3 Å². The van der Waals surface area contributed by atoms with Crippen molar-refractivity contribution in [3.05, 3.63) is 64.6 Å². The zero-order valence-corrected chi connectivity index (χ0v) is 15.6. The number of thiazole rings is 1. The molecule has 1 amide bonds. The van der Waals surface area contributed by atoms with Crippen LogP contribution >= 0.6 is 22.9 Å². The first-order valence-electron chi connectivity index (χ1n) is 7.88. The molecule has 0 aliphatic rings. The van der Waals surface area contributed by atoms with Gasteiger partial charge in [0.25, 0.3) is 5.91 Å². The van der Waals surface area contributed by atoms with Crippen LogP contribution in [0.25, 0.3) is 10.6 Å². The summed E-state index contributed by atoms with van der Waals surface area (Å²) in [6, 6.07) is 14.7. The molecule has 3 aromatic rings. The summed E-state index contributed by atoms with van der Waals surface area (Å²) in [5, 5.41) is 6.08. The van der Waals surface area contributed by atoms with Crippen molar-refractivity contribution in [2.45, 2.75) is 6.54 Å². The number of rotatable bonds is 7. The van der Waals surface area contributed by atoms with Crippen molar-refractivity contribution in [2.75, 3.05) is 13.7 Å². The van der Waals surface area contributed by atoms with Gasteiger partial charge >= 0.3 is 0 Å². The molecular formula is C19H17ClN2O3S. The summed E-state index contributed by atoms with van der Waals surface area (Å²) in [5.41, 5.74) is 1.81. The maximum absolute atomic E-state index is 11.9. The molecular weight excluding hydrogens is 372 g/mol. The van der Waals surface area contributed by atoms with E-state index in [4.69, 9.17) is 21.1 Å². The van der Waals surface area contributed by atoms with Gasteiger partial charge in [0, 0.05) is 10.9 Å². The third-order valence-corrected chi connectivity index (χ3v) is 4.80. The number of benzene rings is 2. The van der Waals surface area contributed by atoms with Crippen LogP contribution in [0.5, 0.6) is 11.5 Å². The van der Waals surface area contributed by atoms with Gasteiger partial charge in [-0.2, -0.15) is 0 Å². The summed E-state index contributed by atoms with van der Waals surface area (Å²) >= 11 is 7.52. The summed E-state index contributed by atoms with van der Waals surface area (Å²) in [6.45, 7) is 0.247. The van der Waals surface area contributed by atoms with E-state index in [1.807, 2.05) is 29.6 Å². The Bertz CT molecular complexity index is 881. The molecule has 0 radical (unpaired) electrons. The Hall–Kier alpha value is -2.57. The molecule has 0 bridgehead atoms. The number of methoxy groups -OCH3 is 1. The van der Waals surface area contributed by atoms with Crippen molar-refractivity contribution < 1.29 is 14.3 Å². The molecule has 1 aromatic heterocycles. The highest BCUT2D eigenvalue weighted by Crippen LogP contribution is 2.26. The quantitative estimate of drug-likeness (QED) is 0.660. The fourth-order valence-electron chi connectivity index (χ4n) is 2.20. The number of para-hydroxylation sites is 1. The first kappa shape index (κ1) is 18.2. The Labute approximate surface area is 160 Å². The molecule has 0 fully saturated rings. The lowest BCUT2D eigenvalue weighted by atomic mass is 10.2. The van der Waals surface area contributed by atoms with Crippen LogP contribution in [0.4, 0.5) is 0 Å². The highest BCUT2D eigenvalue weighted by Gasteiger charge is 2.08. The highest BCUT2D eigenvalue weighted by molar-refractivity contribution is 7.13. The van der Waals surface area contributed by atoms with Gasteiger partial charge < -0.3 is 14.8 Å². The Morgan fingerprint density at radius 2 is 1.96 bits per heavy atom. The number of carbonyl (C=O) groups excluding carboxylic acids is 1. The Kier molecular flexibility index (Phi) is 6.09. The molecule has 2 aromatic carbocycles. The molecule has 5 nitrogen and oxygen atoms in total. The van der Waals surface area contributed by atoms with Gasteiger partial charge in [-0.1, -0.05) is 23.7 Å². The molecule has 134 valence electrons. The van der Waals surface area contributed by atoms with E-state index in [-0.39, 0.29) is 12.5 Å². The van der Waals surface area contributed by atoms with Crippen LogP contribution in [0.1, 0.15) is 5.69 Å². The Balaban J connectivity index is 1.51. The van der Waals surface area contributed by atoms with E-state index in [1.54, 1.807) is 31.4 Å². The normalized spacial score (nSPS) is 10.4. The van der Waals surface area contributed by atoms with Gasteiger partial charge in [-0.3, -0.25) is 4.79 Å². The van der Waals surface area contributed by atoms with Gasteiger partial charge in [0.05, 0.1) is 24.4 Å². The van der Waals surface area contributed by atoms with Gasteiger partial charge in [0.1, 0.15) is 16.5 Å². The minimum Gasteiger partial charge on any atom is -0.497 e. The largest absolute Gasteiger partial charge is 0.497 e. The Morgan fingerprint density at radius 1 is 1.19 bits per heavy atom. The topological polar surface area (TPSA) is 60.5 Å². The van der Waals surface area contributed by atoms with Gasteiger partial charge in [-0.05, 0) is 36.4 Å². The number of ether oxygens (including phenoxy) is 2. The van der Waals surface area contributed by atoms with Gasteiger partial charge in [-0.15, -0.1) is 11.3 Å². The molecule has 26 heavy (non-hydrogen) atoms. The molecule has 0 saturated carbocycles. The molecule has 0 spiro atoms. The van der Waals surface area contributed by atoms with Crippen LogP contribution in [-0.4, -0.2) is 24.6 Å². The van der Waals surface area contributed by atoms with Crippen LogP contribution in [0.2, 0.25) is 5.02 Å². The average molecular weight is 389 g/mol. The summed E-state index contributed by atoms with van der Waals surface area (Å²) < 4.78 is 10.6. The SMILES string of the molecule is COc1ccc(-c2nc(CNC(=O)COc3ccccc3Cl)cs2)cc1. The molecule has 0 aliphatic carbocycles. The molecule has 0 atom stereocenters. The van der Waals surface area contributed by atoms with Gasteiger partial charge in [0.15, 0.2) is 6.61 Å². The minimum atomic E-state index is -0.232. The molecule has 3 rings (SSSR count). The van der Waals surface area contributed by atoms with Crippen LogP contribution in [0.15, 0.2) is 53.9 Å². The predicted molar refractivity (Wildman–Crippen MR) is 103 cm³/mol. The third kappa shape index (κ3) is 4.74. The van der Waals surface area contributed by atoms with E-state index in [1.165, 1.54) is 11.3 Å². The van der Waals surface area contributed by atoms with Crippen LogP contribution in [0.3, 0.4) is 0 Å². The highest BCUT2D eigenvalue weighted by atomic mass is 35.5. The minimum absolute atomic E-state index is 0.0980. The number of hydrogen-bond donors (Lipinski definition) is 1. The molecule has 1 N–H and O–H groups in total. The molecule has 7 heteroatoms. The number of hydrogen-bond acceptors (Lipinski definition) is 5. The van der Waals surface area contributed by atoms with Crippen molar-refractivity contribution in [1.82, 2.24) is 10.3 Å². The van der Waals surface area contributed by atoms with E-state index < -0.39 is 0 Å². The van der Waals surface area contributed by atoms with E-state index in [0.717, 1.165) is 22.0 Å². The second-order valence-electron chi connectivity index (χ2n) is 5.37. The maximum Gasteiger partial charge on any atom is 0.258 e. The maximum atomic E-state index is 11.9. The van der Waals surface area contributed by atoms with Crippen molar-refractivity contribution in [3.8, 4) is 22.1 Å². The van der Waals surface area contributed by atoms with E-state index >= 15 is 0 Å². The summed E-state index contributed by atoms with van der Waals surface area (Å²) in [4.78, 5) is 16.5. The first-order valence-corrected chi connectivity index (χ1v) is 9.14. The number of halogens is 1. The molecule has 0 saturated heterocycles.